The highest BCUT2D eigenvalue weighted by molar-refractivity contribution is 6.30. The van der Waals surface area contributed by atoms with Crippen molar-refractivity contribution in [1.29, 1.82) is 0 Å². The summed E-state index contributed by atoms with van der Waals surface area (Å²) >= 11 is 5.70. The van der Waals surface area contributed by atoms with Gasteiger partial charge in [0.15, 0.2) is 5.78 Å². The standard InChI is InChI=1S/C13H14ClNO4/c1-15-19-13(18)7-6-11(16)8-12(17)9-2-4-10(14)5-3-9/h2-5,15H,6-8H2,1H3. The third-order valence-corrected chi connectivity index (χ3v) is 2.60. The van der Waals surface area contributed by atoms with Gasteiger partial charge in [-0.2, -0.15) is 5.48 Å². The van der Waals surface area contributed by atoms with Gasteiger partial charge in [0.1, 0.15) is 5.78 Å². The van der Waals surface area contributed by atoms with Crippen LogP contribution in [0.4, 0.5) is 0 Å². The zero-order chi connectivity index (χ0) is 14.3. The second-order valence-corrected chi connectivity index (χ2v) is 4.26. The third-order valence-electron chi connectivity index (χ3n) is 2.35. The van der Waals surface area contributed by atoms with E-state index in [1.165, 1.54) is 7.05 Å². The predicted molar refractivity (Wildman–Crippen MR) is 69.8 cm³/mol. The number of carbonyl (C=O) groups is 3. The molecule has 0 bridgehead atoms. The fourth-order valence-electron chi connectivity index (χ4n) is 1.41. The zero-order valence-corrected chi connectivity index (χ0v) is 11.2. The summed E-state index contributed by atoms with van der Waals surface area (Å²) in [4.78, 5) is 38.7. The van der Waals surface area contributed by atoms with Crippen LogP contribution in [-0.4, -0.2) is 24.6 Å². The number of hydrogen-bond acceptors (Lipinski definition) is 5. The van der Waals surface area contributed by atoms with E-state index in [4.69, 9.17) is 11.6 Å². The maximum absolute atomic E-state index is 11.7. The Labute approximate surface area is 115 Å². The highest BCUT2D eigenvalue weighted by Gasteiger charge is 2.13. The molecule has 0 unspecified atom stereocenters. The highest BCUT2D eigenvalue weighted by Crippen LogP contribution is 2.12. The van der Waals surface area contributed by atoms with Gasteiger partial charge >= 0.3 is 5.97 Å². The summed E-state index contributed by atoms with van der Waals surface area (Å²) < 4.78 is 0. The monoisotopic (exact) mass is 283 g/mol. The highest BCUT2D eigenvalue weighted by atomic mass is 35.5. The Morgan fingerprint density at radius 3 is 2.37 bits per heavy atom. The van der Waals surface area contributed by atoms with E-state index in [0.717, 1.165) is 0 Å². The van der Waals surface area contributed by atoms with Crippen molar-refractivity contribution in [2.45, 2.75) is 19.3 Å². The molecular weight excluding hydrogens is 270 g/mol. The lowest BCUT2D eigenvalue weighted by atomic mass is 10.0. The summed E-state index contributed by atoms with van der Waals surface area (Å²) in [6.07, 6.45) is -0.290. The van der Waals surface area contributed by atoms with Gasteiger partial charge in [-0.3, -0.25) is 14.4 Å². The summed E-state index contributed by atoms with van der Waals surface area (Å²) in [5.74, 6) is -1.12. The first kappa shape index (κ1) is 15.3. The molecule has 1 N–H and O–H groups in total. The molecule has 6 heteroatoms. The number of ketones is 2. The fourth-order valence-corrected chi connectivity index (χ4v) is 1.54. The van der Waals surface area contributed by atoms with Crippen LogP contribution in [0.5, 0.6) is 0 Å². The predicted octanol–water partition coefficient (Wildman–Crippen LogP) is 1.94. The van der Waals surface area contributed by atoms with E-state index in [1.54, 1.807) is 24.3 Å². The smallest absolute Gasteiger partial charge is 0.325 e. The minimum Gasteiger partial charge on any atom is -0.371 e. The van der Waals surface area contributed by atoms with Crippen LogP contribution in [-0.2, 0) is 14.4 Å². The summed E-state index contributed by atoms with van der Waals surface area (Å²) in [5.41, 5.74) is 2.65. The molecule has 19 heavy (non-hydrogen) atoms. The Morgan fingerprint density at radius 1 is 1.16 bits per heavy atom. The Kier molecular flexibility index (Phi) is 6.18. The molecule has 0 fully saturated rings. The van der Waals surface area contributed by atoms with Crippen LogP contribution in [0.25, 0.3) is 0 Å². The first-order valence-electron chi connectivity index (χ1n) is 5.70. The van der Waals surface area contributed by atoms with Crippen LogP contribution in [0.2, 0.25) is 5.02 Å². The van der Waals surface area contributed by atoms with Crippen molar-refractivity contribution in [1.82, 2.24) is 5.48 Å². The van der Waals surface area contributed by atoms with Crippen molar-refractivity contribution in [2.75, 3.05) is 7.05 Å². The van der Waals surface area contributed by atoms with E-state index in [1.807, 2.05) is 0 Å². The van der Waals surface area contributed by atoms with Crippen molar-refractivity contribution >= 4 is 29.1 Å². The largest absolute Gasteiger partial charge is 0.371 e. The van der Waals surface area contributed by atoms with E-state index in [9.17, 15) is 14.4 Å². The van der Waals surface area contributed by atoms with E-state index in [0.29, 0.717) is 10.6 Å². The Bertz CT molecular complexity index is 470. The molecule has 0 aromatic heterocycles. The zero-order valence-electron chi connectivity index (χ0n) is 10.4. The third kappa shape index (κ3) is 5.63. The molecule has 0 heterocycles. The SMILES string of the molecule is CNOC(=O)CCC(=O)CC(=O)c1ccc(Cl)cc1. The molecule has 0 spiro atoms. The number of hydroxylamine groups is 1. The molecular formula is C13H14ClNO4. The molecule has 0 aliphatic heterocycles. The molecule has 0 amide bonds. The Hall–Kier alpha value is -1.72. The van der Waals surface area contributed by atoms with Gasteiger partial charge in [-0.15, -0.1) is 0 Å². The Morgan fingerprint density at radius 2 is 1.79 bits per heavy atom. The summed E-state index contributed by atoms with van der Waals surface area (Å²) in [6.45, 7) is 0. The molecule has 0 atom stereocenters. The van der Waals surface area contributed by atoms with Crippen LogP contribution >= 0.6 is 11.6 Å². The number of Topliss-reactive ketones (excluding diaryl/α,β-unsaturated/α-hetero) is 2. The maximum Gasteiger partial charge on any atom is 0.325 e. The first-order chi connectivity index (χ1) is 9.02. The normalized spacial score (nSPS) is 10.0. The Balaban J connectivity index is 2.42. The lowest BCUT2D eigenvalue weighted by Gasteiger charge is -2.02. The van der Waals surface area contributed by atoms with Crippen LogP contribution in [0.15, 0.2) is 24.3 Å². The van der Waals surface area contributed by atoms with Crippen molar-refractivity contribution in [3.63, 3.8) is 0 Å². The lowest BCUT2D eigenvalue weighted by Crippen LogP contribution is -2.16. The van der Waals surface area contributed by atoms with Crippen molar-refractivity contribution in [3.05, 3.63) is 34.9 Å². The van der Waals surface area contributed by atoms with Crippen molar-refractivity contribution in [3.8, 4) is 0 Å². The number of rotatable bonds is 7. The molecule has 1 aromatic rings. The molecule has 1 aromatic carbocycles. The average Bonchev–Trinajstić information content (AvgIpc) is 2.37. The van der Waals surface area contributed by atoms with E-state index in [2.05, 4.69) is 10.3 Å². The molecule has 102 valence electrons. The molecule has 1 rings (SSSR count). The number of carbonyl (C=O) groups excluding carboxylic acids is 3. The van der Waals surface area contributed by atoms with Gasteiger partial charge in [-0.25, -0.2) is 0 Å². The molecule has 5 nitrogen and oxygen atoms in total. The second-order valence-electron chi connectivity index (χ2n) is 3.82. The van der Waals surface area contributed by atoms with E-state index >= 15 is 0 Å². The molecule has 0 aliphatic carbocycles. The number of hydrogen-bond donors (Lipinski definition) is 1. The van der Waals surface area contributed by atoms with Gasteiger partial charge in [-0.1, -0.05) is 11.6 Å². The van der Waals surface area contributed by atoms with Crippen molar-refractivity contribution < 1.29 is 19.2 Å². The van der Waals surface area contributed by atoms with E-state index < -0.39 is 5.97 Å². The van der Waals surface area contributed by atoms with Crippen molar-refractivity contribution in [2.24, 2.45) is 0 Å². The van der Waals surface area contributed by atoms with E-state index in [-0.39, 0.29) is 30.8 Å². The second kappa shape index (κ2) is 7.66. The van der Waals surface area contributed by atoms with Crippen LogP contribution in [0.3, 0.4) is 0 Å². The minimum atomic E-state index is -0.533. The maximum atomic E-state index is 11.7. The number of benzene rings is 1. The topological polar surface area (TPSA) is 72.5 Å². The molecule has 0 radical (unpaired) electrons. The molecule has 0 saturated carbocycles. The average molecular weight is 284 g/mol. The molecule has 0 saturated heterocycles. The first-order valence-corrected chi connectivity index (χ1v) is 6.07. The lowest BCUT2D eigenvalue weighted by molar-refractivity contribution is -0.150. The van der Waals surface area contributed by atoms with Gasteiger partial charge in [0.05, 0.1) is 12.8 Å². The number of halogens is 1. The van der Waals surface area contributed by atoms with Gasteiger partial charge in [-0.05, 0) is 24.3 Å². The van der Waals surface area contributed by atoms with Gasteiger partial charge in [0, 0.05) is 24.1 Å². The van der Waals surface area contributed by atoms with Crippen LogP contribution in [0.1, 0.15) is 29.6 Å². The quantitative estimate of drug-likeness (QED) is 0.470. The number of nitrogens with one attached hydrogen (secondary N) is 1. The summed E-state index contributed by atoms with van der Waals surface area (Å²) in [6, 6.07) is 6.30. The fraction of sp³-hybridized carbons (Fsp3) is 0.308. The summed E-state index contributed by atoms with van der Waals surface area (Å²) in [7, 11) is 1.45. The van der Waals surface area contributed by atoms with Gasteiger partial charge < -0.3 is 4.84 Å². The molecule has 0 aliphatic rings. The van der Waals surface area contributed by atoms with Crippen LogP contribution < -0.4 is 5.48 Å². The van der Waals surface area contributed by atoms with Gasteiger partial charge in [0.25, 0.3) is 0 Å². The minimum absolute atomic E-state index is 0.0140. The van der Waals surface area contributed by atoms with Crippen LogP contribution in [0, 0.1) is 0 Å². The summed E-state index contributed by atoms with van der Waals surface area (Å²) in [5, 5.41) is 0.526. The van der Waals surface area contributed by atoms with Gasteiger partial charge in [0.2, 0.25) is 0 Å².